The van der Waals surface area contributed by atoms with Gasteiger partial charge < -0.3 is 19.8 Å². The van der Waals surface area contributed by atoms with Crippen LogP contribution in [0.2, 0.25) is 0 Å². The Balaban J connectivity index is 1.36. The summed E-state index contributed by atoms with van der Waals surface area (Å²) in [5.41, 5.74) is 1.41. The number of rotatable bonds is 9. The van der Waals surface area contributed by atoms with E-state index >= 15 is 0 Å². The molecule has 3 aromatic rings. The number of nitrogens with zero attached hydrogens (tertiary/aromatic N) is 1. The van der Waals surface area contributed by atoms with E-state index in [9.17, 15) is 9.59 Å². The molecule has 1 amide bonds. The first-order valence-electron chi connectivity index (χ1n) is 11.6. The van der Waals surface area contributed by atoms with Crippen molar-refractivity contribution < 1.29 is 14.3 Å². The Morgan fingerprint density at radius 2 is 2.03 bits per heavy atom. The summed E-state index contributed by atoms with van der Waals surface area (Å²) in [6.45, 7) is 3.69. The lowest BCUT2D eigenvalue weighted by molar-refractivity contribution is 0.0675. The van der Waals surface area contributed by atoms with E-state index in [0.29, 0.717) is 29.3 Å². The number of benzene rings is 1. The van der Waals surface area contributed by atoms with Gasteiger partial charge in [-0.05, 0) is 47.8 Å². The standard InChI is InChI=1S/C25H31N3O4S/c1-3-16-7-9-17(10-8-16)13-32-14-19-15-33-25-21(19)23(29)27-22(28-25)24(30)26-12-18-5-4-6-20(11-18)31-2/h4-6,11,15-17H,3,7-10,12-14H2,1-2H3,(H,26,30)(H,27,28,29). The van der Waals surface area contributed by atoms with Crippen LogP contribution in [0, 0.1) is 11.8 Å². The molecule has 1 aliphatic rings. The van der Waals surface area contributed by atoms with Gasteiger partial charge in [-0.15, -0.1) is 11.3 Å². The predicted molar refractivity (Wildman–Crippen MR) is 130 cm³/mol. The molecule has 0 spiro atoms. The molecule has 0 bridgehead atoms. The van der Waals surface area contributed by atoms with Gasteiger partial charge in [0.05, 0.1) is 19.1 Å². The number of aromatic amines is 1. The van der Waals surface area contributed by atoms with Crippen LogP contribution in [0.1, 0.15) is 60.8 Å². The molecule has 2 aromatic heterocycles. The highest BCUT2D eigenvalue weighted by Crippen LogP contribution is 2.31. The van der Waals surface area contributed by atoms with Crippen LogP contribution < -0.4 is 15.6 Å². The van der Waals surface area contributed by atoms with Gasteiger partial charge in [0.25, 0.3) is 11.5 Å². The van der Waals surface area contributed by atoms with Crippen molar-refractivity contribution >= 4 is 27.5 Å². The van der Waals surface area contributed by atoms with Crippen LogP contribution in [0.5, 0.6) is 5.75 Å². The Hall–Kier alpha value is -2.71. The highest BCUT2D eigenvalue weighted by atomic mass is 32.1. The molecule has 1 aliphatic carbocycles. The van der Waals surface area contributed by atoms with E-state index < -0.39 is 5.91 Å². The Morgan fingerprint density at radius 3 is 2.79 bits per heavy atom. The number of H-pyrrole nitrogens is 1. The first kappa shape index (κ1) is 23.4. The number of aromatic nitrogens is 2. The molecule has 2 N–H and O–H groups in total. The number of methoxy groups -OCH3 is 1. The van der Waals surface area contributed by atoms with Crippen LogP contribution in [-0.2, 0) is 17.9 Å². The van der Waals surface area contributed by atoms with E-state index in [1.807, 2.05) is 29.6 Å². The van der Waals surface area contributed by atoms with Crippen molar-refractivity contribution in [1.82, 2.24) is 15.3 Å². The number of carbonyl (C=O) groups excluding carboxylic acids is 1. The van der Waals surface area contributed by atoms with E-state index in [0.717, 1.165) is 29.4 Å². The van der Waals surface area contributed by atoms with Crippen molar-refractivity contribution in [3.63, 3.8) is 0 Å². The van der Waals surface area contributed by atoms with Gasteiger partial charge in [-0.3, -0.25) is 9.59 Å². The summed E-state index contributed by atoms with van der Waals surface area (Å²) in [5.74, 6) is 1.78. The minimum absolute atomic E-state index is 0.0115. The van der Waals surface area contributed by atoms with E-state index in [2.05, 4.69) is 22.2 Å². The molecule has 0 radical (unpaired) electrons. The molecule has 1 fully saturated rings. The molecule has 33 heavy (non-hydrogen) atoms. The number of ether oxygens (including phenoxy) is 2. The van der Waals surface area contributed by atoms with E-state index in [4.69, 9.17) is 9.47 Å². The molecule has 8 heteroatoms. The van der Waals surface area contributed by atoms with Gasteiger partial charge in [-0.25, -0.2) is 4.98 Å². The zero-order chi connectivity index (χ0) is 23.2. The van der Waals surface area contributed by atoms with Gasteiger partial charge in [-0.1, -0.05) is 38.3 Å². The number of amides is 1. The maximum Gasteiger partial charge on any atom is 0.287 e. The van der Waals surface area contributed by atoms with Crippen molar-refractivity contribution in [3.8, 4) is 5.75 Å². The normalized spacial score (nSPS) is 18.4. The first-order chi connectivity index (χ1) is 16.1. The molecule has 1 aromatic carbocycles. The molecule has 0 saturated heterocycles. The Labute approximate surface area is 197 Å². The molecule has 2 heterocycles. The summed E-state index contributed by atoms with van der Waals surface area (Å²) in [6, 6.07) is 7.44. The van der Waals surface area contributed by atoms with Gasteiger partial charge >= 0.3 is 0 Å². The third-order valence-corrected chi connectivity index (χ3v) is 7.40. The van der Waals surface area contributed by atoms with Crippen LogP contribution in [0.15, 0.2) is 34.4 Å². The summed E-state index contributed by atoms with van der Waals surface area (Å²) in [6.07, 6.45) is 6.29. The van der Waals surface area contributed by atoms with Crippen LogP contribution >= 0.6 is 11.3 Å². The number of fused-ring (bicyclic) bond motifs is 1. The molecular formula is C25H31N3O4S. The van der Waals surface area contributed by atoms with Gasteiger partial charge in [0.2, 0.25) is 5.82 Å². The maximum atomic E-state index is 12.7. The fourth-order valence-electron chi connectivity index (χ4n) is 4.41. The minimum Gasteiger partial charge on any atom is -0.497 e. The largest absolute Gasteiger partial charge is 0.497 e. The van der Waals surface area contributed by atoms with Crippen molar-refractivity contribution in [1.29, 1.82) is 0 Å². The lowest BCUT2D eigenvalue weighted by atomic mass is 9.81. The number of thiophene rings is 1. The van der Waals surface area contributed by atoms with Crippen molar-refractivity contribution in [2.45, 2.75) is 52.2 Å². The molecule has 7 nitrogen and oxygen atoms in total. The number of carbonyl (C=O) groups is 1. The molecule has 0 aliphatic heterocycles. The first-order valence-corrected chi connectivity index (χ1v) is 12.4. The van der Waals surface area contributed by atoms with Gasteiger partial charge in [0.1, 0.15) is 10.6 Å². The van der Waals surface area contributed by atoms with Crippen molar-refractivity contribution in [2.24, 2.45) is 11.8 Å². The van der Waals surface area contributed by atoms with Crippen LogP contribution in [0.25, 0.3) is 10.2 Å². The molecule has 0 unspecified atom stereocenters. The molecular weight excluding hydrogens is 438 g/mol. The Kier molecular flexibility index (Phi) is 7.77. The number of hydrogen-bond acceptors (Lipinski definition) is 6. The summed E-state index contributed by atoms with van der Waals surface area (Å²) < 4.78 is 11.2. The van der Waals surface area contributed by atoms with E-state index in [1.165, 1.54) is 43.4 Å². The monoisotopic (exact) mass is 469 g/mol. The summed E-state index contributed by atoms with van der Waals surface area (Å²) >= 11 is 1.36. The number of nitrogens with one attached hydrogen (secondary N) is 2. The van der Waals surface area contributed by atoms with Gasteiger partial charge in [0, 0.05) is 18.7 Å². The molecule has 176 valence electrons. The van der Waals surface area contributed by atoms with Gasteiger partial charge in [-0.2, -0.15) is 0 Å². The molecule has 1 saturated carbocycles. The van der Waals surface area contributed by atoms with Gasteiger partial charge in [0.15, 0.2) is 0 Å². The SMILES string of the molecule is CCC1CCC(COCc2csc3nc(C(=O)NCc4cccc(OC)c4)[nH]c(=O)c23)CC1. The van der Waals surface area contributed by atoms with Crippen molar-refractivity contribution in [3.05, 3.63) is 57.0 Å². The smallest absolute Gasteiger partial charge is 0.287 e. The van der Waals surface area contributed by atoms with Crippen LogP contribution in [-0.4, -0.2) is 29.6 Å². The van der Waals surface area contributed by atoms with Crippen LogP contribution in [0.3, 0.4) is 0 Å². The average Bonchev–Trinajstić information content (AvgIpc) is 3.26. The lowest BCUT2D eigenvalue weighted by Crippen LogP contribution is -2.27. The number of hydrogen-bond donors (Lipinski definition) is 2. The van der Waals surface area contributed by atoms with Crippen molar-refractivity contribution in [2.75, 3.05) is 13.7 Å². The lowest BCUT2D eigenvalue weighted by Gasteiger charge is -2.27. The maximum absolute atomic E-state index is 12.7. The second-order valence-corrected chi connectivity index (χ2v) is 9.56. The van der Waals surface area contributed by atoms with Crippen LogP contribution in [0.4, 0.5) is 0 Å². The molecule has 4 rings (SSSR count). The van der Waals surface area contributed by atoms with E-state index in [1.54, 1.807) is 7.11 Å². The summed E-state index contributed by atoms with van der Waals surface area (Å²) in [4.78, 5) is 32.9. The Morgan fingerprint density at radius 1 is 1.24 bits per heavy atom. The Bertz CT molecular complexity index is 1150. The topological polar surface area (TPSA) is 93.3 Å². The third-order valence-electron chi connectivity index (χ3n) is 6.48. The molecule has 0 atom stereocenters. The zero-order valence-electron chi connectivity index (χ0n) is 19.2. The zero-order valence-corrected chi connectivity index (χ0v) is 20.0. The highest BCUT2D eigenvalue weighted by molar-refractivity contribution is 7.16. The summed E-state index contributed by atoms with van der Waals surface area (Å²) in [7, 11) is 1.60. The highest BCUT2D eigenvalue weighted by Gasteiger charge is 2.21. The predicted octanol–water partition coefficient (Wildman–Crippen LogP) is 4.66. The summed E-state index contributed by atoms with van der Waals surface area (Å²) in [5, 5.41) is 5.21. The third kappa shape index (κ3) is 5.81. The quantitative estimate of drug-likeness (QED) is 0.476. The minimum atomic E-state index is -0.425. The fourth-order valence-corrected chi connectivity index (χ4v) is 5.34. The second-order valence-electron chi connectivity index (χ2n) is 8.70. The second kappa shape index (κ2) is 10.9. The van der Waals surface area contributed by atoms with E-state index in [-0.39, 0.29) is 11.4 Å². The fraction of sp³-hybridized carbons (Fsp3) is 0.480. The average molecular weight is 470 g/mol.